The normalized spacial score (nSPS) is 17.6. The quantitative estimate of drug-likeness (QED) is 0.814. The van der Waals surface area contributed by atoms with Crippen molar-refractivity contribution < 1.29 is 13.2 Å². The number of nitrogens with zero attached hydrogens (tertiary/aromatic N) is 2. The summed E-state index contributed by atoms with van der Waals surface area (Å²) in [5, 5.41) is 10.3. The van der Waals surface area contributed by atoms with Gasteiger partial charge in [-0.25, -0.2) is 13.1 Å². The van der Waals surface area contributed by atoms with E-state index < -0.39 is 9.84 Å². The molecule has 0 aliphatic carbocycles. The van der Waals surface area contributed by atoms with E-state index in [-0.39, 0.29) is 10.8 Å². The highest BCUT2D eigenvalue weighted by Gasteiger charge is 2.17. The number of carbonyl (C=O) groups excluding carboxylic acids is 1. The van der Waals surface area contributed by atoms with Crippen LogP contribution in [0.25, 0.3) is 5.69 Å². The van der Waals surface area contributed by atoms with Gasteiger partial charge in [0, 0.05) is 12.7 Å². The summed E-state index contributed by atoms with van der Waals surface area (Å²) in [6, 6.07) is 6.64. The zero-order chi connectivity index (χ0) is 17.9. The Morgan fingerprint density at radius 1 is 1.40 bits per heavy atom. The topological polar surface area (TPSA) is 93.1 Å². The lowest BCUT2D eigenvalue weighted by Gasteiger charge is -2.08. The lowest BCUT2D eigenvalue weighted by atomic mass is 10.0. The van der Waals surface area contributed by atoms with Crippen LogP contribution in [0.1, 0.15) is 19.3 Å². The van der Waals surface area contributed by atoms with Gasteiger partial charge in [0.15, 0.2) is 9.84 Å². The molecule has 1 saturated heterocycles. The van der Waals surface area contributed by atoms with Crippen molar-refractivity contribution in [2.45, 2.75) is 24.2 Å². The van der Waals surface area contributed by atoms with Gasteiger partial charge in [-0.2, -0.15) is 5.10 Å². The Morgan fingerprint density at radius 3 is 2.92 bits per heavy atom. The molecule has 7 nitrogen and oxygen atoms in total. The van der Waals surface area contributed by atoms with E-state index in [1.807, 2.05) is 0 Å². The first-order chi connectivity index (χ1) is 11.9. The zero-order valence-corrected chi connectivity index (χ0v) is 14.9. The van der Waals surface area contributed by atoms with Crippen LogP contribution >= 0.6 is 0 Å². The molecule has 0 spiro atoms. The largest absolute Gasteiger partial charge is 0.323 e. The first kappa shape index (κ1) is 17.6. The number of hydrogen-bond acceptors (Lipinski definition) is 5. The Balaban J connectivity index is 1.67. The number of aromatic nitrogens is 2. The summed E-state index contributed by atoms with van der Waals surface area (Å²) in [6.45, 7) is 2.01. The van der Waals surface area contributed by atoms with Crippen LogP contribution in [0.3, 0.4) is 0 Å². The third-order valence-corrected chi connectivity index (χ3v) is 5.46. The Hall–Kier alpha value is -2.19. The number of anilines is 1. The highest BCUT2D eigenvalue weighted by Crippen LogP contribution is 2.21. The van der Waals surface area contributed by atoms with Crippen LogP contribution in [0.4, 0.5) is 5.69 Å². The molecule has 134 valence electrons. The summed E-state index contributed by atoms with van der Waals surface area (Å²) in [5.74, 6) is 0.512. The second kappa shape index (κ2) is 7.37. The van der Waals surface area contributed by atoms with Crippen LogP contribution in [0.2, 0.25) is 0 Å². The minimum atomic E-state index is -3.37. The molecular weight excluding hydrogens is 340 g/mol. The van der Waals surface area contributed by atoms with Crippen molar-refractivity contribution in [1.29, 1.82) is 0 Å². The Labute approximate surface area is 147 Å². The van der Waals surface area contributed by atoms with Gasteiger partial charge >= 0.3 is 0 Å². The standard InChI is InChI=1S/C17H22N4O3S/c1-25(23,24)16-5-3-2-4-15(16)21-12-14(11-19-21)20-17(22)7-6-13-8-9-18-10-13/h2-5,11-13,18H,6-10H2,1H3,(H,20,22). The second-order valence-corrected chi connectivity index (χ2v) is 8.34. The molecule has 0 bridgehead atoms. The van der Waals surface area contributed by atoms with Crippen molar-refractivity contribution in [1.82, 2.24) is 15.1 Å². The van der Waals surface area contributed by atoms with Gasteiger partial charge in [0.05, 0.1) is 28.7 Å². The minimum Gasteiger partial charge on any atom is -0.323 e. The fourth-order valence-electron chi connectivity index (χ4n) is 3.00. The molecule has 1 unspecified atom stereocenters. The smallest absolute Gasteiger partial charge is 0.224 e. The van der Waals surface area contributed by atoms with Crippen molar-refractivity contribution >= 4 is 21.4 Å². The Bertz CT molecular complexity index is 854. The van der Waals surface area contributed by atoms with Crippen LogP contribution in [0, 0.1) is 5.92 Å². The summed E-state index contributed by atoms with van der Waals surface area (Å²) >= 11 is 0. The molecule has 3 rings (SSSR count). The molecule has 1 aromatic heterocycles. The lowest BCUT2D eigenvalue weighted by Crippen LogP contribution is -2.14. The number of amides is 1. The van der Waals surface area contributed by atoms with Gasteiger partial charge in [0.25, 0.3) is 0 Å². The minimum absolute atomic E-state index is 0.0529. The molecule has 2 N–H and O–H groups in total. The Morgan fingerprint density at radius 2 is 2.20 bits per heavy atom. The van der Waals surface area contributed by atoms with Crippen molar-refractivity contribution in [2.75, 3.05) is 24.7 Å². The maximum absolute atomic E-state index is 12.1. The number of para-hydroxylation sites is 1. The third-order valence-electron chi connectivity index (χ3n) is 4.32. The summed E-state index contributed by atoms with van der Waals surface area (Å²) in [4.78, 5) is 12.3. The average molecular weight is 362 g/mol. The van der Waals surface area contributed by atoms with E-state index in [1.165, 1.54) is 10.9 Å². The van der Waals surface area contributed by atoms with Gasteiger partial charge in [0.2, 0.25) is 5.91 Å². The highest BCUT2D eigenvalue weighted by atomic mass is 32.2. The average Bonchev–Trinajstić information content (AvgIpc) is 3.24. The van der Waals surface area contributed by atoms with Gasteiger partial charge in [-0.1, -0.05) is 12.1 Å². The van der Waals surface area contributed by atoms with Crippen molar-refractivity contribution in [3.8, 4) is 5.69 Å². The molecule has 2 aromatic rings. The predicted octanol–water partition coefficient (Wildman–Crippen LogP) is 1.60. The van der Waals surface area contributed by atoms with Gasteiger partial charge in [0.1, 0.15) is 0 Å². The second-order valence-electron chi connectivity index (χ2n) is 6.36. The first-order valence-corrected chi connectivity index (χ1v) is 10.2. The van der Waals surface area contributed by atoms with Gasteiger partial charge in [-0.3, -0.25) is 4.79 Å². The molecule has 25 heavy (non-hydrogen) atoms. The molecule has 1 atom stereocenters. The van der Waals surface area contributed by atoms with Crippen LogP contribution in [-0.2, 0) is 14.6 Å². The maximum atomic E-state index is 12.1. The predicted molar refractivity (Wildman–Crippen MR) is 95.5 cm³/mol. The van der Waals surface area contributed by atoms with Crippen LogP contribution in [0.15, 0.2) is 41.6 Å². The molecule has 0 radical (unpaired) electrons. The van der Waals surface area contributed by atoms with E-state index in [9.17, 15) is 13.2 Å². The van der Waals surface area contributed by atoms with Crippen molar-refractivity contribution in [3.05, 3.63) is 36.7 Å². The third kappa shape index (κ3) is 4.46. The van der Waals surface area contributed by atoms with Gasteiger partial charge in [-0.05, 0) is 44.0 Å². The summed E-state index contributed by atoms with van der Waals surface area (Å²) in [7, 11) is -3.37. The first-order valence-electron chi connectivity index (χ1n) is 8.28. The summed E-state index contributed by atoms with van der Waals surface area (Å²) in [6.07, 6.45) is 6.76. The number of benzene rings is 1. The molecule has 1 fully saturated rings. The molecular formula is C17H22N4O3S. The number of sulfone groups is 1. The zero-order valence-electron chi connectivity index (χ0n) is 14.1. The van der Waals surface area contributed by atoms with Gasteiger partial charge in [-0.15, -0.1) is 0 Å². The number of rotatable bonds is 6. The van der Waals surface area contributed by atoms with Gasteiger partial charge < -0.3 is 10.6 Å². The molecule has 1 aromatic carbocycles. The SMILES string of the molecule is CS(=O)(=O)c1ccccc1-n1cc(NC(=O)CCC2CCNC2)cn1. The highest BCUT2D eigenvalue weighted by molar-refractivity contribution is 7.90. The van der Waals surface area contributed by atoms with Crippen LogP contribution in [0.5, 0.6) is 0 Å². The van der Waals surface area contributed by atoms with E-state index in [4.69, 9.17) is 0 Å². The number of nitrogens with one attached hydrogen (secondary N) is 2. The van der Waals surface area contributed by atoms with E-state index >= 15 is 0 Å². The van der Waals surface area contributed by atoms with E-state index in [2.05, 4.69) is 15.7 Å². The fourth-order valence-corrected chi connectivity index (χ4v) is 3.87. The van der Waals surface area contributed by atoms with Crippen molar-refractivity contribution in [2.24, 2.45) is 5.92 Å². The van der Waals surface area contributed by atoms with E-state index in [0.29, 0.717) is 23.7 Å². The molecule has 1 aliphatic rings. The summed E-state index contributed by atoms with van der Waals surface area (Å²) in [5.41, 5.74) is 1.01. The van der Waals surface area contributed by atoms with Crippen LogP contribution < -0.4 is 10.6 Å². The monoisotopic (exact) mass is 362 g/mol. The molecule has 8 heteroatoms. The molecule has 1 amide bonds. The Kier molecular flexibility index (Phi) is 5.19. The van der Waals surface area contributed by atoms with Crippen molar-refractivity contribution in [3.63, 3.8) is 0 Å². The number of carbonyl (C=O) groups is 1. The molecule has 2 heterocycles. The molecule has 1 aliphatic heterocycles. The van der Waals surface area contributed by atoms with E-state index in [1.54, 1.807) is 30.5 Å². The van der Waals surface area contributed by atoms with E-state index in [0.717, 1.165) is 32.2 Å². The summed E-state index contributed by atoms with van der Waals surface area (Å²) < 4.78 is 25.3. The van der Waals surface area contributed by atoms with Crippen LogP contribution in [-0.4, -0.2) is 43.5 Å². The molecule has 0 saturated carbocycles. The number of hydrogen-bond donors (Lipinski definition) is 2. The maximum Gasteiger partial charge on any atom is 0.224 e. The fraction of sp³-hybridized carbons (Fsp3) is 0.412. The lowest BCUT2D eigenvalue weighted by molar-refractivity contribution is -0.116.